The van der Waals surface area contributed by atoms with Gasteiger partial charge in [0.15, 0.2) is 0 Å². The summed E-state index contributed by atoms with van der Waals surface area (Å²) >= 11 is 0. The molecule has 1 fully saturated rings. The van der Waals surface area contributed by atoms with Gasteiger partial charge in [0.05, 0.1) is 18.1 Å². The fourth-order valence-electron chi connectivity index (χ4n) is 1.87. The van der Waals surface area contributed by atoms with Crippen molar-refractivity contribution in [1.29, 1.82) is 0 Å². The summed E-state index contributed by atoms with van der Waals surface area (Å²) in [5.74, 6) is 0.310. The lowest BCUT2D eigenvalue weighted by atomic mass is 10.3. The highest BCUT2D eigenvalue weighted by atomic mass is 16.6. The molecule has 0 bridgehead atoms. The summed E-state index contributed by atoms with van der Waals surface area (Å²) in [5, 5.41) is 14.0. The molecule has 20 heavy (non-hydrogen) atoms. The topological polar surface area (TPSA) is 119 Å². The second-order valence-corrected chi connectivity index (χ2v) is 4.13. The third-order valence-electron chi connectivity index (χ3n) is 2.79. The van der Waals surface area contributed by atoms with Crippen LogP contribution in [0.15, 0.2) is 12.7 Å². The van der Waals surface area contributed by atoms with Gasteiger partial charge in [0.1, 0.15) is 0 Å². The van der Waals surface area contributed by atoms with Crippen molar-refractivity contribution in [2.75, 3.05) is 48.8 Å². The van der Waals surface area contributed by atoms with Crippen molar-refractivity contribution in [1.82, 2.24) is 9.97 Å². The molecule has 0 amide bonds. The first-order chi connectivity index (χ1) is 9.63. The van der Waals surface area contributed by atoms with Crippen molar-refractivity contribution in [3.8, 4) is 0 Å². The molecule has 108 valence electrons. The maximum absolute atomic E-state index is 11.2. The maximum Gasteiger partial charge on any atom is 0.353 e. The van der Waals surface area contributed by atoms with Gasteiger partial charge in [0.25, 0.3) is 0 Å². The normalized spacial score (nSPS) is 14.9. The number of hydrogen-bond acceptors (Lipinski definition) is 8. The minimum absolute atomic E-state index is 0.155. The first-order valence-corrected chi connectivity index (χ1v) is 6.13. The second-order valence-electron chi connectivity index (χ2n) is 4.13. The largest absolute Gasteiger partial charge is 0.378 e. The zero-order chi connectivity index (χ0) is 14.5. The molecule has 1 aliphatic heterocycles. The molecule has 0 aromatic carbocycles. The number of ether oxygens (including phenoxy) is 1. The van der Waals surface area contributed by atoms with E-state index >= 15 is 0 Å². The van der Waals surface area contributed by atoms with Crippen LogP contribution in [0.2, 0.25) is 0 Å². The van der Waals surface area contributed by atoms with Gasteiger partial charge in [0.2, 0.25) is 17.6 Å². The minimum atomic E-state index is -0.558. The van der Waals surface area contributed by atoms with Gasteiger partial charge in [-0.25, -0.2) is 0 Å². The number of anilines is 3. The van der Waals surface area contributed by atoms with E-state index in [1.165, 1.54) is 0 Å². The number of aromatic nitrogens is 2. The Bertz CT molecular complexity index is 515. The number of hydrogen-bond donors (Lipinski definition) is 2. The third kappa shape index (κ3) is 2.94. The fourth-order valence-corrected chi connectivity index (χ4v) is 1.87. The maximum atomic E-state index is 11.2. The highest BCUT2D eigenvalue weighted by Gasteiger charge is 2.28. The highest BCUT2D eigenvalue weighted by molar-refractivity contribution is 5.71. The van der Waals surface area contributed by atoms with Gasteiger partial charge in [-0.2, -0.15) is 9.97 Å². The monoisotopic (exact) mass is 280 g/mol. The molecule has 0 spiro atoms. The summed E-state index contributed by atoms with van der Waals surface area (Å²) in [6.07, 6.45) is 1.63. The number of nitro groups is 1. The molecular weight excluding hydrogens is 264 g/mol. The number of nitrogens with two attached hydrogens (primary N) is 1. The quantitative estimate of drug-likeness (QED) is 0.452. The highest BCUT2D eigenvalue weighted by Crippen LogP contribution is 2.32. The first-order valence-electron chi connectivity index (χ1n) is 6.13. The Labute approximate surface area is 115 Å². The lowest BCUT2D eigenvalue weighted by molar-refractivity contribution is -0.383. The molecule has 9 nitrogen and oxygen atoms in total. The molecule has 0 saturated carbocycles. The molecule has 3 N–H and O–H groups in total. The molecule has 1 aliphatic rings. The molecular formula is C11H16N6O3. The molecule has 1 saturated heterocycles. The van der Waals surface area contributed by atoms with Crippen LogP contribution in [0.1, 0.15) is 0 Å². The van der Waals surface area contributed by atoms with Crippen molar-refractivity contribution in [2.24, 2.45) is 0 Å². The smallest absolute Gasteiger partial charge is 0.353 e. The Morgan fingerprint density at radius 2 is 2.20 bits per heavy atom. The van der Waals surface area contributed by atoms with Crippen molar-refractivity contribution in [3.05, 3.63) is 22.8 Å². The Morgan fingerprint density at radius 3 is 2.80 bits per heavy atom. The van der Waals surface area contributed by atoms with Crippen molar-refractivity contribution >= 4 is 23.3 Å². The Kier molecular flexibility index (Phi) is 4.31. The summed E-state index contributed by atoms with van der Waals surface area (Å²) in [6.45, 7) is 6.06. The van der Waals surface area contributed by atoms with Crippen LogP contribution >= 0.6 is 0 Å². The van der Waals surface area contributed by atoms with E-state index in [-0.39, 0.29) is 23.3 Å². The summed E-state index contributed by atoms with van der Waals surface area (Å²) in [6, 6.07) is 0. The zero-order valence-electron chi connectivity index (χ0n) is 10.9. The van der Waals surface area contributed by atoms with E-state index in [1.54, 1.807) is 11.0 Å². The molecule has 1 aromatic heterocycles. The predicted octanol–water partition coefficient (Wildman–Crippen LogP) is 0.401. The molecule has 1 aromatic rings. The lowest BCUT2D eigenvalue weighted by Gasteiger charge is -2.27. The van der Waals surface area contributed by atoms with E-state index in [9.17, 15) is 10.1 Å². The zero-order valence-corrected chi connectivity index (χ0v) is 10.9. The first kappa shape index (κ1) is 14.0. The van der Waals surface area contributed by atoms with Gasteiger partial charge >= 0.3 is 5.69 Å². The lowest BCUT2D eigenvalue weighted by Crippen LogP contribution is -2.37. The number of morpholine rings is 1. The van der Waals surface area contributed by atoms with Crippen LogP contribution in [0.4, 0.5) is 23.3 Å². The summed E-state index contributed by atoms with van der Waals surface area (Å²) < 4.78 is 5.23. The van der Waals surface area contributed by atoms with Gasteiger partial charge < -0.3 is 20.7 Å². The average Bonchev–Trinajstić information content (AvgIpc) is 2.45. The van der Waals surface area contributed by atoms with Crippen LogP contribution in [-0.4, -0.2) is 47.7 Å². The molecule has 2 rings (SSSR count). The third-order valence-corrected chi connectivity index (χ3v) is 2.79. The molecule has 0 atom stereocenters. The second kappa shape index (κ2) is 6.15. The molecule has 9 heteroatoms. The van der Waals surface area contributed by atoms with Crippen LogP contribution < -0.4 is 16.0 Å². The fraction of sp³-hybridized carbons (Fsp3) is 0.455. The van der Waals surface area contributed by atoms with Crippen LogP contribution in [0.25, 0.3) is 0 Å². The van der Waals surface area contributed by atoms with Gasteiger partial charge in [-0.3, -0.25) is 10.1 Å². The minimum Gasteiger partial charge on any atom is -0.378 e. The van der Waals surface area contributed by atoms with Crippen LogP contribution in [-0.2, 0) is 4.74 Å². The number of rotatable bonds is 5. The number of nitrogens with one attached hydrogen (secondary N) is 1. The average molecular weight is 280 g/mol. The van der Waals surface area contributed by atoms with E-state index in [0.29, 0.717) is 32.8 Å². The van der Waals surface area contributed by atoms with Crippen molar-refractivity contribution in [2.45, 2.75) is 0 Å². The predicted molar refractivity (Wildman–Crippen MR) is 74.8 cm³/mol. The van der Waals surface area contributed by atoms with Gasteiger partial charge in [-0.15, -0.1) is 6.58 Å². The van der Waals surface area contributed by atoms with E-state index in [1.807, 2.05) is 0 Å². The van der Waals surface area contributed by atoms with E-state index in [0.717, 1.165) is 0 Å². The van der Waals surface area contributed by atoms with E-state index in [2.05, 4.69) is 21.9 Å². The SMILES string of the molecule is C=CCNc1nc(N)c([N+](=O)[O-])c(N2CCOCC2)n1. The van der Waals surface area contributed by atoms with E-state index < -0.39 is 4.92 Å². The number of nitrogens with zero attached hydrogens (tertiary/aromatic N) is 4. The van der Waals surface area contributed by atoms with Gasteiger partial charge in [0, 0.05) is 19.6 Å². The van der Waals surface area contributed by atoms with Gasteiger partial charge in [-0.1, -0.05) is 6.08 Å². The van der Waals surface area contributed by atoms with E-state index in [4.69, 9.17) is 10.5 Å². The summed E-state index contributed by atoms with van der Waals surface area (Å²) in [7, 11) is 0. The molecule has 0 aliphatic carbocycles. The summed E-state index contributed by atoms with van der Waals surface area (Å²) in [5.41, 5.74) is 5.42. The van der Waals surface area contributed by atoms with Crippen LogP contribution in [0.5, 0.6) is 0 Å². The Hall–Kier alpha value is -2.42. The van der Waals surface area contributed by atoms with Crippen LogP contribution in [0, 0.1) is 10.1 Å². The Morgan fingerprint density at radius 1 is 1.50 bits per heavy atom. The molecule has 2 heterocycles. The van der Waals surface area contributed by atoms with Crippen molar-refractivity contribution < 1.29 is 9.66 Å². The molecule has 0 unspecified atom stereocenters. The summed E-state index contributed by atoms with van der Waals surface area (Å²) in [4.78, 5) is 20.5. The standard InChI is InChI=1S/C11H16N6O3/c1-2-3-13-11-14-9(12)8(17(18)19)10(15-11)16-4-6-20-7-5-16/h2H,1,3-7H2,(H3,12,13,14,15). The molecule has 0 radical (unpaired) electrons. The van der Waals surface area contributed by atoms with Crippen LogP contribution in [0.3, 0.4) is 0 Å². The number of nitrogen functional groups attached to an aromatic ring is 1. The Balaban J connectivity index is 2.40. The van der Waals surface area contributed by atoms with Gasteiger partial charge in [-0.05, 0) is 0 Å². The van der Waals surface area contributed by atoms with Crippen molar-refractivity contribution in [3.63, 3.8) is 0 Å².